The van der Waals surface area contributed by atoms with Crippen LogP contribution in [0.5, 0.6) is 0 Å². The molecule has 1 fully saturated rings. The summed E-state index contributed by atoms with van der Waals surface area (Å²) in [7, 11) is 1.97. The highest BCUT2D eigenvalue weighted by atomic mass is 19.1. The van der Waals surface area contributed by atoms with Crippen molar-refractivity contribution in [3.8, 4) is 0 Å². The van der Waals surface area contributed by atoms with Crippen LogP contribution in [0.25, 0.3) is 0 Å². The summed E-state index contributed by atoms with van der Waals surface area (Å²) in [4.78, 5) is 2.05. The monoisotopic (exact) mass is 131 g/mol. The van der Waals surface area contributed by atoms with Crippen molar-refractivity contribution < 1.29 is 4.39 Å². The van der Waals surface area contributed by atoms with Gasteiger partial charge in [0.2, 0.25) is 0 Å². The Hall–Kier alpha value is -0.110. The van der Waals surface area contributed by atoms with Crippen LogP contribution in [0.2, 0.25) is 0 Å². The lowest BCUT2D eigenvalue weighted by Gasteiger charge is -2.06. The van der Waals surface area contributed by atoms with Crippen LogP contribution in [0.3, 0.4) is 0 Å². The molecule has 54 valence electrons. The molecule has 2 atom stereocenters. The van der Waals surface area contributed by atoms with Crippen LogP contribution in [0, 0.1) is 5.92 Å². The van der Waals surface area contributed by atoms with E-state index < -0.39 is 6.17 Å². The number of hydrogen-bond donors (Lipinski definition) is 0. The molecule has 0 unspecified atom stereocenters. The fourth-order valence-electron chi connectivity index (χ4n) is 1.42. The Morgan fingerprint density at radius 2 is 2.22 bits per heavy atom. The van der Waals surface area contributed by atoms with E-state index >= 15 is 0 Å². The summed E-state index contributed by atoms with van der Waals surface area (Å²) in [5.74, 6) is 0.301. The standard InChI is InChI=1S/C7H14FN/c1-3-6-4-9(2)5-7(6)8/h6-7H,3-5H2,1-2H3/t6-,7-/m0/s1. The first-order valence-electron chi connectivity index (χ1n) is 3.56. The van der Waals surface area contributed by atoms with Gasteiger partial charge in [-0.3, -0.25) is 0 Å². The summed E-state index contributed by atoms with van der Waals surface area (Å²) >= 11 is 0. The molecule has 0 aliphatic carbocycles. The van der Waals surface area contributed by atoms with Crippen LogP contribution in [0.4, 0.5) is 4.39 Å². The minimum absolute atomic E-state index is 0.301. The van der Waals surface area contributed by atoms with E-state index in [-0.39, 0.29) is 0 Å². The Morgan fingerprint density at radius 3 is 2.44 bits per heavy atom. The van der Waals surface area contributed by atoms with Gasteiger partial charge in [0.15, 0.2) is 0 Å². The average molecular weight is 131 g/mol. The number of rotatable bonds is 1. The van der Waals surface area contributed by atoms with Gasteiger partial charge in [0.1, 0.15) is 6.17 Å². The molecular formula is C7H14FN. The normalized spacial score (nSPS) is 37.7. The maximum absolute atomic E-state index is 12.8. The Balaban J connectivity index is 2.38. The lowest BCUT2D eigenvalue weighted by Crippen LogP contribution is -2.13. The smallest absolute Gasteiger partial charge is 0.117 e. The highest BCUT2D eigenvalue weighted by Crippen LogP contribution is 2.20. The van der Waals surface area contributed by atoms with Gasteiger partial charge in [0, 0.05) is 19.0 Å². The lowest BCUT2D eigenvalue weighted by atomic mass is 10.1. The second-order valence-corrected chi connectivity index (χ2v) is 2.91. The van der Waals surface area contributed by atoms with Crippen molar-refractivity contribution in [1.82, 2.24) is 4.90 Å². The van der Waals surface area contributed by atoms with Crippen molar-refractivity contribution >= 4 is 0 Å². The van der Waals surface area contributed by atoms with Crippen molar-refractivity contribution in [1.29, 1.82) is 0 Å². The summed E-state index contributed by atoms with van der Waals surface area (Å²) in [5, 5.41) is 0. The van der Waals surface area contributed by atoms with E-state index in [4.69, 9.17) is 0 Å². The molecule has 0 bridgehead atoms. The Labute approximate surface area is 55.8 Å². The van der Waals surface area contributed by atoms with E-state index in [2.05, 4.69) is 11.8 Å². The fourth-order valence-corrected chi connectivity index (χ4v) is 1.42. The molecule has 1 heterocycles. The lowest BCUT2D eigenvalue weighted by molar-refractivity contribution is 0.274. The zero-order chi connectivity index (χ0) is 6.85. The number of nitrogens with zero attached hydrogens (tertiary/aromatic N) is 1. The molecule has 0 spiro atoms. The maximum Gasteiger partial charge on any atom is 0.117 e. The van der Waals surface area contributed by atoms with E-state index in [1.807, 2.05) is 7.05 Å². The van der Waals surface area contributed by atoms with Gasteiger partial charge in [-0.1, -0.05) is 6.92 Å². The molecule has 1 aliphatic rings. The molecule has 1 aliphatic heterocycles. The molecule has 1 saturated heterocycles. The first-order valence-corrected chi connectivity index (χ1v) is 3.56. The van der Waals surface area contributed by atoms with Crippen LogP contribution >= 0.6 is 0 Å². The molecule has 0 aromatic heterocycles. The highest BCUT2D eigenvalue weighted by Gasteiger charge is 2.28. The summed E-state index contributed by atoms with van der Waals surface area (Å²) in [6.07, 6.45) is 0.408. The third-order valence-corrected chi connectivity index (χ3v) is 2.07. The van der Waals surface area contributed by atoms with E-state index in [1.165, 1.54) is 0 Å². The van der Waals surface area contributed by atoms with Gasteiger partial charge in [0.05, 0.1) is 0 Å². The average Bonchev–Trinajstić information content (AvgIpc) is 2.10. The van der Waals surface area contributed by atoms with E-state index in [1.54, 1.807) is 0 Å². The first kappa shape index (κ1) is 7.00. The highest BCUT2D eigenvalue weighted by molar-refractivity contribution is 4.80. The fraction of sp³-hybridized carbons (Fsp3) is 1.00. The van der Waals surface area contributed by atoms with Crippen LogP contribution in [0.15, 0.2) is 0 Å². The quantitative estimate of drug-likeness (QED) is 0.518. The Bertz CT molecular complexity index is 94.9. The number of likely N-dealkylation sites (tertiary alicyclic amines) is 1. The zero-order valence-electron chi connectivity index (χ0n) is 6.10. The Kier molecular flexibility index (Phi) is 2.06. The number of hydrogen-bond acceptors (Lipinski definition) is 1. The minimum Gasteiger partial charge on any atom is -0.303 e. The minimum atomic E-state index is -0.569. The van der Waals surface area contributed by atoms with E-state index in [0.717, 1.165) is 13.0 Å². The molecule has 0 aromatic carbocycles. The molecular weight excluding hydrogens is 117 g/mol. The van der Waals surface area contributed by atoms with Crippen LogP contribution in [0.1, 0.15) is 13.3 Å². The van der Waals surface area contributed by atoms with Crippen LogP contribution in [-0.2, 0) is 0 Å². The second-order valence-electron chi connectivity index (χ2n) is 2.91. The molecule has 9 heavy (non-hydrogen) atoms. The van der Waals surface area contributed by atoms with Crippen molar-refractivity contribution in [2.45, 2.75) is 19.5 Å². The first-order chi connectivity index (χ1) is 4.24. The summed E-state index contributed by atoms with van der Waals surface area (Å²) < 4.78 is 12.8. The summed E-state index contributed by atoms with van der Waals surface area (Å²) in [5.41, 5.74) is 0. The van der Waals surface area contributed by atoms with Crippen molar-refractivity contribution in [2.24, 2.45) is 5.92 Å². The molecule has 1 rings (SSSR count). The van der Waals surface area contributed by atoms with E-state index in [0.29, 0.717) is 12.5 Å². The van der Waals surface area contributed by atoms with Crippen molar-refractivity contribution in [3.63, 3.8) is 0 Å². The van der Waals surface area contributed by atoms with Crippen LogP contribution < -0.4 is 0 Å². The third kappa shape index (κ3) is 1.42. The van der Waals surface area contributed by atoms with Crippen molar-refractivity contribution in [2.75, 3.05) is 20.1 Å². The Morgan fingerprint density at radius 1 is 1.56 bits per heavy atom. The van der Waals surface area contributed by atoms with Crippen LogP contribution in [-0.4, -0.2) is 31.2 Å². The zero-order valence-corrected chi connectivity index (χ0v) is 6.10. The molecule has 1 nitrogen and oxygen atoms in total. The number of halogens is 1. The van der Waals surface area contributed by atoms with Gasteiger partial charge >= 0.3 is 0 Å². The third-order valence-electron chi connectivity index (χ3n) is 2.07. The van der Waals surface area contributed by atoms with Gasteiger partial charge in [-0.2, -0.15) is 0 Å². The van der Waals surface area contributed by atoms with Gasteiger partial charge in [0.25, 0.3) is 0 Å². The molecule has 0 aromatic rings. The molecule has 0 saturated carbocycles. The predicted molar refractivity (Wildman–Crippen MR) is 36.2 cm³/mol. The summed E-state index contributed by atoms with van der Waals surface area (Å²) in [6, 6.07) is 0. The molecule has 0 N–H and O–H groups in total. The second kappa shape index (κ2) is 2.65. The van der Waals surface area contributed by atoms with Gasteiger partial charge in [-0.15, -0.1) is 0 Å². The van der Waals surface area contributed by atoms with Gasteiger partial charge < -0.3 is 4.90 Å². The molecule has 0 amide bonds. The maximum atomic E-state index is 12.8. The molecule has 2 heteroatoms. The predicted octanol–water partition coefficient (Wildman–Crippen LogP) is 1.30. The van der Waals surface area contributed by atoms with E-state index in [9.17, 15) is 4.39 Å². The van der Waals surface area contributed by atoms with Crippen molar-refractivity contribution in [3.05, 3.63) is 0 Å². The SMILES string of the molecule is CC[C@H]1CN(C)C[C@@H]1F. The summed E-state index contributed by atoms with van der Waals surface area (Å²) in [6.45, 7) is 3.63. The van der Waals surface area contributed by atoms with Gasteiger partial charge in [-0.25, -0.2) is 4.39 Å². The topological polar surface area (TPSA) is 3.24 Å². The van der Waals surface area contributed by atoms with Gasteiger partial charge in [-0.05, 0) is 13.5 Å². The number of alkyl halides is 1. The molecule has 0 radical (unpaired) electrons. The largest absolute Gasteiger partial charge is 0.303 e.